The Labute approximate surface area is 167 Å². The summed E-state index contributed by atoms with van der Waals surface area (Å²) in [5.74, 6) is -2.06. The zero-order valence-corrected chi connectivity index (χ0v) is 16.9. The second kappa shape index (κ2) is 7.41. The Kier molecular flexibility index (Phi) is 5.52. The molecular formula is C17H18Cl2N2O5S. The Morgan fingerprint density at radius 2 is 1.56 bits per heavy atom. The van der Waals surface area contributed by atoms with Crippen molar-refractivity contribution in [1.82, 2.24) is 9.80 Å². The lowest BCUT2D eigenvalue weighted by atomic mass is 10.1. The lowest BCUT2D eigenvalue weighted by Gasteiger charge is -2.29. The Morgan fingerprint density at radius 3 is 2.00 bits per heavy atom. The van der Waals surface area contributed by atoms with Crippen LogP contribution >= 0.6 is 23.2 Å². The van der Waals surface area contributed by atoms with Gasteiger partial charge in [-0.15, -0.1) is 0 Å². The molecule has 0 saturated carbocycles. The molecule has 1 aromatic rings. The summed E-state index contributed by atoms with van der Waals surface area (Å²) in [6.07, 6.45) is 2.56. The van der Waals surface area contributed by atoms with Crippen molar-refractivity contribution in [2.75, 3.05) is 25.1 Å². The lowest BCUT2D eigenvalue weighted by molar-refractivity contribution is -0.134. The summed E-state index contributed by atoms with van der Waals surface area (Å²) >= 11 is 11.9. The van der Waals surface area contributed by atoms with Crippen molar-refractivity contribution in [1.29, 1.82) is 0 Å². The number of hydrogen-bond acceptors (Lipinski definition) is 5. The van der Waals surface area contributed by atoms with E-state index in [1.807, 2.05) is 0 Å². The van der Waals surface area contributed by atoms with Gasteiger partial charge in [0.05, 0.1) is 26.9 Å². The van der Waals surface area contributed by atoms with Gasteiger partial charge in [0.25, 0.3) is 11.8 Å². The smallest absolute Gasteiger partial charge is 0.262 e. The van der Waals surface area contributed by atoms with Crippen LogP contribution in [0.1, 0.15) is 40.0 Å². The molecule has 0 aromatic heterocycles. The maximum atomic E-state index is 13.0. The van der Waals surface area contributed by atoms with Crippen molar-refractivity contribution in [2.45, 2.75) is 25.3 Å². The van der Waals surface area contributed by atoms with Gasteiger partial charge >= 0.3 is 0 Å². The van der Waals surface area contributed by atoms with Gasteiger partial charge in [0.2, 0.25) is 5.91 Å². The average molecular weight is 433 g/mol. The van der Waals surface area contributed by atoms with Crippen LogP contribution in [0.3, 0.4) is 0 Å². The molecule has 1 fully saturated rings. The van der Waals surface area contributed by atoms with E-state index in [9.17, 15) is 22.8 Å². The largest absolute Gasteiger partial charge is 0.341 e. The van der Waals surface area contributed by atoms with Crippen molar-refractivity contribution in [3.05, 3.63) is 33.3 Å². The molecule has 1 aromatic carbocycles. The van der Waals surface area contributed by atoms with Gasteiger partial charge in [-0.25, -0.2) is 8.42 Å². The Bertz CT molecular complexity index is 884. The third-order valence-electron chi connectivity index (χ3n) is 4.74. The van der Waals surface area contributed by atoms with Crippen LogP contribution in [0.2, 0.25) is 10.0 Å². The van der Waals surface area contributed by atoms with Crippen molar-refractivity contribution < 1.29 is 22.8 Å². The van der Waals surface area contributed by atoms with E-state index in [0.717, 1.165) is 24.0 Å². The van der Waals surface area contributed by atoms with Crippen molar-refractivity contribution in [2.24, 2.45) is 0 Å². The summed E-state index contributed by atoms with van der Waals surface area (Å²) in [5.41, 5.74) is 0.126. The van der Waals surface area contributed by atoms with Crippen LogP contribution in [0, 0.1) is 0 Å². The van der Waals surface area contributed by atoms with Crippen LogP contribution in [0.4, 0.5) is 0 Å². The number of halogens is 2. The molecule has 2 heterocycles. The van der Waals surface area contributed by atoms with Crippen molar-refractivity contribution in [3.63, 3.8) is 0 Å². The lowest BCUT2D eigenvalue weighted by Crippen LogP contribution is -2.51. The highest BCUT2D eigenvalue weighted by atomic mass is 35.5. The number of carbonyl (C=O) groups is 3. The van der Waals surface area contributed by atoms with Gasteiger partial charge < -0.3 is 4.90 Å². The molecule has 27 heavy (non-hydrogen) atoms. The van der Waals surface area contributed by atoms with Gasteiger partial charge in [0.15, 0.2) is 0 Å². The fraction of sp³-hybridized carbons (Fsp3) is 0.471. The molecule has 0 N–H and O–H groups in total. The molecule has 0 radical (unpaired) electrons. The van der Waals surface area contributed by atoms with Gasteiger partial charge in [-0.05, 0) is 31.4 Å². The van der Waals surface area contributed by atoms with E-state index < -0.39 is 33.6 Å². The van der Waals surface area contributed by atoms with Crippen molar-refractivity contribution in [3.8, 4) is 0 Å². The summed E-state index contributed by atoms with van der Waals surface area (Å²) in [7, 11) is -3.38. The van der Waals surface area contributed by atoms with Gasteiger partial charge in [-0.2, -0.15) is 0 Å². The molecule has 1 unspecified atom stereocenters. The molecule has 7 nitrogen and oxygen atoms in total. The predicted octanol–water partition coefficient (Wildman–Crippen LogP) is 2.02. The number of carbonyl (C=O) groups excluding carboxylic acids is 3. The van der Waals surface area contributed by atoms with Crippen LogP contribution in [0.5, 0.6) is 0 Å². The van der Waals surface area contributed by atoms with E-state index in [4.69, 9.17) is 23.2 Å². The highest BCUT2D eigenvalue weighted by molar-refractivity contribution is 7.90. The Balaban J connectivity index is 1.97. The molecule has 3 rings (SSSR count). The average Bonchev–Trinajstić information content (AvgIpc) is 3.19. The number of fused-ring (bicyclic) bond motifs is 1. The Morgan fingerprint density at radius 1 is 1.07 bits per heavy atom. The van der Waals surface area contributed by atoms with Gasteiger partial charge in [-0.1, -0.05) is 23.2 Å². The van der Waals surface area contributed by atoms with E-state index >= 15 is 0 Å². The summed E-state index contributed by atoms with van der Waals surface area (Å²) in [4.78, 5) is 41.1. The van der Waals surface area contributed by atoms with Gasteiger partial charge in [0.1, 0.15) is 15.9 Å². The molecule has 2 aliphatic heterocycles. The minimum Gasteiger partial charge on any atom is -0.341 e. The molecule has 2 aliphatic rings. The minimum atomic E-state index is -3.38. The maximum Gasteiger partial charge on any atom is 0.262 e. The second-order valence-corrected chi connectivity index (χ2v) is 9.83. The van der Waals surface area contributed by atoms with Crippen LogP contribution in [-0.4, -0.2) is 67.1 Å². The van der Waals surface area contributed by atoms with Crippen LogP contribution in [0.25, 0.3) is 0 Å². The summed E-state index contributed by atoms with van der Waals surface area (Å²) < 4.78 is 23.2. The highest BCUT2D eigenvalue weighted by Crippen LogP contribution is 2.33. The highest BCUT2D eigenvalue weighted by Gasteiger charge is 2.44. The molecule has 1 atom stereocenters. The topological polar surface area (TPSA) is 91.8 Å². The standard InChI is InChI=1S/C17H18Cl2N2O5S/c1-27(25,26)7-4-14(17(24)20-5-2-3-6-20)21-15(22)10-8-12(18)13(19)9-11(10)16(21)23/h8-9,14H,2-7H2,1H3. The summed E-state index contributed by atoms with van der Waals surface area (Å²) in [6, 6.07) is 1.42. The molecule has 10 heteroatoms. The molecule has 3 amide bonds. The summed E-state index contributed by atoms with van der Waals surface area (Å²) in [6.45, 7) is 1.05. The maximum absolute atomic E-state index is 13.0. The van der Waals surface area contributed by atoms with Crippen LogP contribution in [-0.2, 0) is 14.6 Å². The van der Waals surface area contributed by atoms with Crippen LogP contribution < -0.4 is 0 Å². The monoisotopic (exact) mass is 432 g/mol. The van der Waals surface area contributed by atoms with E-state index in [-0.39, 0.29) is 33.3 Å². The number of rotatable bonds is 5. The molecule has 0 spiro atoms. The van der Waals surface area contributed by atoms with E-state index in [0.29, 0.717) is 13.1 Å². The summed E-state index contributed by atoms with van der Waals surface area (Å²) in [5, 5.41) is 0.244. The fourth-order valence-corrected chi connectivity index (χ4v) is 4.35. The molecule has 1 saturated heterocycles. The Hall–Kier alpha value is -1.64. The third-order valence-corrected chi connectivity index (χ3v) is 6.43. The molecule has 146 valence electrons. The first-order chi connectivity index (χ1) is 12.6. The first-order valence-electron chi connectivity index (χ1n) is 8.43. The number of imide groups is 1. The van der Waals surface area contributed by atoms with E-state index in [1.165, 1.54) is 12.1 Å². The van der Waals surface area contributed by atoms with E-state index in [2.05, 4.69) is 0 Å². The fourth-order valence-electron chi connectivity index (χ4n) is 3.37. The third kappa shape index (κ3) is 3.97. The SMILES string of the molecule is CS(=O)(=O)CCC(C(=O)N1CCCC1)N1C(=O)c2cc(Cl)c(Cl)cc2C1=O. The number of likely N-dealkylation sites (tertiary alicyclic amines) is 1. The van der Waals surface area contributed by atoms with Gasteiger partial charge in [-0.3, -0.25) is 19.3 Å². The van der Waals surface area contributed by atoms with Crippen LogP contribution in [0.15, 0.2) is 12.1 Å². The minimum absolute atomic E-state index is 0.0629. The first kappa shape index (κ1) is 20.1. The first-order valence-corrected chi connectivity index (χ1v) is 11.3. The zero-order chi connectivity index (χ0) is 19.9. The van der Waals surface area contributed by atoms with Crippen molar-refractivity contribution >= 4 is 50.8 Å². The molecular weight excluding hydrogens is 415 g/mol. The zero-order valence-electron chi connectivity index (χ0n) is 14.6. The molecule has 0 aliphatic carbocycles. The number of hydrogen-bond donors (Lipinski definition) is 0. The number of sulfone groups is 1. The number of amides is 3. The molecule has 0 bridgehead atoms. The number of benzene rings is 1. The number of nitrogens with zero attached hydrogens (tertiary/aromatic N) is 2. The second-order valence-electron chi connectivity index (χ2n) is 6.76. The van der Waals surface area contributed by atoms with E-state index in [1.54, 1.807) is 4.90 Å². The van der Waals surface area contributed by atoms with Gasteiger partial charge in [0, 0.05) is 19.3 Å². The normalized spacial score (nSPS) is 18.2. The predicted molar refractivity (Wildman–Crippen MR) is 101 cm³/mol. The quantitative estimate of drug-likeness (QED) is 0.663.